The number of benzene rings is 1. The molecule has 2 heterocycles. The molecule has 0 saturated heterocycles. The molecule has 0 unspecified atom stereocenters. The van der Waals surface area contributed by atoms with Crippen LogP contribution in [0.3, 0.4) is 0 Å². The number of pyridine rings is 1. The normalized spacial score (nSPS) is 12.9. The van der Waals surface area contributed by atoms with Crippen LogP contribution in [0.1, 0.15) is 24.2 Å². The number of hydrogen-bond acceptors (Lipinski definition) is 5. The molecule has 0 aliphatic rings. The Morgan fingerprint density at radius 2 is 1.73 bits per heavy atom. The lowest BCUT2D eigenvalue weighted by Crippen LogP contribution is -2.45. The Bertz CT molecular complexity index is 1610. The van der Waals surface area contributed by atoms with Crippen LogP contribution in [0.4, 0.5) is 36.8 Å². The number of para-hydroxylation sites is 1. The van der Waals surface area contributed by atoms with E-state index in [4.69, 9.17) is 0 Å². The van der Waals surface area contributed by atoms with E-state index >= 15 is 0 Å². The molecule has 2 aromatic heterocycles. The van der Waals surface area contributed by atoms with Gasteiger partial charge in [-0.05, 0) is 49.1 Å². The summed E-state index contributed by atoms with van der Waals surface area (Å²) < 4.78 is 80.1. The molecular formula is C28H30F6N6O5. The maximum absolute atomic E-state index is 13.2. The monoisotopic (exact) mass is 644 g/mol. The zero-order valence-corrected chi connectivity index (χ0v) is 24.2. The Balaban J connectivity index is 1.83. The molecule has 1 aromatic carbocycles. The Kier molecular flexibility index (Phi) is 10.7. The molecule has 0 fully saturated rings. The summed E-state index contributed by atoms with van der Waals surface area (Å²) in [5, 5.41) is 11.8. The van der Waals surface area contributed by atoms with Gasteiger partial charge < -0.3 is 24.9 Å². The van der Waals surface area contributed by atoms with Gasteiger partial charge in [-0.2, -0.15) is 26.3 Å². The summed E-state index contributed by atoms with van der Waals surface area (Å²) >= 11 is 0. The fraction of sp³-hybridized carbons (Fsp3) is 0.393. The van der Waals surface area contributed by atoms with Gasteiger partial charge in [-0.1, -0.05) is 18.2 Å². The number of allylic oxidation sites excluding steroid dienone is 1. The van der Waals surface area contributed by atoms with E-state index in [1.54, 1.807) is 14.1 Å². The molecule has 17 heteroatoms. The highest BCUT2D eigenvalue weighted by molar-refractivity contribution is 5.96. The lowest BCUT2D eigenvalue weighted by Gasteiger charge is -2.24. The maximum Gasteiger partial charge on any atom is 0.407 e. The van der Waals surface area contributed by atoms with Crippen LogP contribution in [0.2, 0.25) is 0 Å². The van der Waals surface area contributed by atoms with Gasteiger partial charge in [-0.25, -0.2) is 9.78 Å². The van der Waals surface area contributed by atoms with Gasteiger partial charge in [0.15, 0.2) is 5.92 Å². The van der Waals surface area contributed by atoms with Crippen molar-refractivity contribution in [2.24, 2.45) is 5.92 Å². The molecule has 45 heavy (non-hydrogen) atoms. The molecule has 0 bridgehead atoms. The van der Waals surface area contributed by atoms with E-state index in [1.807, 2.05) is 0 Å². The molecule has 11 nitrogen and oxygen atoms in total. The second-order valence-electron chi connectivity index (χ2n) is 10.3. The highest BCUT2D eigenvalue weighted by Gasteiger charge is 2.56. The van der Waals surface area contributed by atoms with Crippen molar-refractivity contribution >= 4 is 34.6 Å². The van der Waals surface area contributed by atoms with Crippen molar-refractivity contribution in [3.05, 3.63) is 70.4 Å². The number of likely N-dealkylation sites (N-methyl/N-ethyl adjacent to an activating group) is 2. The number of halogens is 6. The minimum atomic E-state index is -5.53. The van der Waals surface area contributed by atoms with E-state index in [2.05, 4.69) is 15.3 Å². The number of rotatable bonds is 11. The van der Waals surface area contributed by atoms with Gasteiger partial charge in [0.2, 0.25) is 11.8 Å². The van der Waals surface area contributed by atoms with Gasteiger partial charge in [0.1, 0.15) is 17.6 Å². The molecule has 0 aliphatic heterocycles. The first kappa shape index (κ1) is 34.7. The zero-order chi connectivity index (χ0) is 33.7. The highest BCUT2D eigenvalue weighted by atomic mass is 19.4. The van der Waals surface area contributed by atoms with Crippen LogP contribution in [-0.4, -0.2) is 86.9 Å². The lowest BCUT2D eigenvalue weighted by atomic mass is 9.97. The second kappa shape index (κ2) is 13.9. The quantitative estimate of drug-likeness (QED) is 0.209. The van der Waals surface area contributed by atoms with Crippen molar-refractivity contribution < 1.29 is 45.8 Å². The number of anilines is 1. The number of carbonyl (C=O) groups is 3. The summed E-state index contributed by atoms with van der Waals surface area (Å²) in [6.07, 6.45) is -9.62. The molecule has 1 atom stereocenters. The van der Waals surface area contributed by atoms with Crippen molar-refractivity contribution in [3.8, 4) is 0 Å². The first-order valence-corrected chi connectivity index (χ1v) is 13.3. The van der Waals surface area contributed by atoms with Crippen LogP contribution in [0.25, 0.3) is 11.0 Å². The van der Waals surface area contributed by atoms with Crippen molar-refractivity contribution in [1.29, 1.82) is 0 Å². The summed E-state index contributed by atoms with van der Waals surface area (Å²) in [7, 11) is 4.26. The molecule has 0 radical (unpaired) electrons. The van der Waals surface area contributed by atoms with Gasteiger partial charge >= 0.3 is 18.4 Å². The lowest BCUT2D eigenvalue weighted by molar-refractivity contribution is -0.283. The number of H-pyrrole nitrogens is 1. The minimum absolute atomic E-state index is 0.0162. The number of amides is 3. The molecule has 0 spiro atoms. The largest absolute Gasteiger partial charge is 0.465 e. The smallest absolute Gasteiger partial charge is 0.407 e. The number of carboxylic acid groups (broad SMARTS) is 1. The van der Waals surface area contributed by atoms with Gasteiger partial charge in [0, 0.05) is 27.3 Å². The average Bonchev–Trinajstić information content (AvgIpc) is 3.35. The van der Waals surface area contributed by atoms with Crippen molar-refractivity contribution in [3.63, 3.8) is 0 Å². The molecule has 0 aliphatic carbocycles. The van der Waals surface area contributed by atoms with Crippen LogP contribution < -0.4 is 10.9 Å². The van der Waals surface area contributed by atoms with E-state index in [0.717, 1.165) is 15.5 Å². The molecule has 3 aromatic rings. The van der Waals surface area contributed by atoms with E-state index in [9.17, 15) is 50.6 Å². The highest BCUT2D eigenvalue weighted by Crippen LogP contribution is 2.41. The molecule has 3 rings (SSSR count). The number of aromatic nitrogens is 3. The number of aromatic amines is 1. The van der Waals surface area contributed by atoms with Gasteiger partial charge in [0.05, 0.1) is 17.6 Å². The second-order valence-corrected chi connectivity index (χ2v) is 10.3. The van der Waals surface area contributed by atoms with Crippen molar-refractivity contribution in [1.82, 2.24) is 24.3 Å². The Hall–Kier alpha value is -4.83. The van der Waals surface area contributed by atoms with Crippen molar-refractivity contribution in [2.45, 2.75) is 44.2 Å². The molecule has 244 valence electrons. The predicted molar refractivity (Wildman–Crippen MR) is 150 cm³/mol. The predicted octanol–water partition coefficient (Wildman–Crippen LogP) is 4.40. The Morgan fingerprint density at radius 1 is 1.07 bits per heavy atom. The fourth-order valence-electron chi connectivity index (χ4n) is 4.37. The van der Waals surface area contributed by atoms with Crippen LogP contribution in [0, 0.1) is 5.92 Å². The number of imidazole rings is 1. The maximum atomic E-state index is 13.2. The van der Waals surface area contributed by atoms with E-state index in [0.29, 0.717) is 0 Å². The first-order chi connectivity index (χ1) is 20.9. The number of nitrogens with zero attached hydrogens (tertiary/aromatic N) is 4. The van der Waals surface area contributed by atoms with Gasteiger partial charge in [-0.15, -0.1) is 0 Å². The third-order valence-electron chi connectivity index (χ3n) is 6.84. The third kappa shape index (κ3) is 8.86. The summed E-state index contributed by atoms with van der Waals surface area (Å²) in [5.41, 5.74) is -1.22. The van der Waals surface area contributed by atoms with E-state index in [1.165, 1.54) is 54.6 Å². The number of fused-ring (bicyclic) bond motifs is 1. The molecule has 3 amide bonds. The van der Waals surface area contributed by atoms with Crippen LogP contribution >= 0.6 is 0 Å². The summed E-state index contributed by atoms with van der Waals surface area (Å²) in [5.74, 6) is -4.68. The number of carbonyl (C=O) groups excluding carboxylic acids is 2. The van der Waals surface area contributed by atoms with Crippen LogP contribution in [0.5, 0.6) is 0 Å². The van der Waals surface area contributed by atoms with Gasteiger partial charge in [0.25, 0.3) is 5.56 Å². The van der Waals surface area contributed by atoms with Crippen molar-refractivity contribution in [2.75, 3.05) is 26.5 Å². The number of alkyl halides is 6. The van der Waals surface area contributed by atoms with E-state index in [-0.39, 0.29) is 53.4 Å². The van der Waals surface area contributed by atoms with Crippen LogP contribution in [0.15, 0.2) is 53.5 Å². The fourth-order valence-corrected chi connectivity index (χ4v) is 4.37. The first-order valence-electron chi connectivity index (χ1n) is 13.3. The SMILES string of the molecule is CN(C)C(=O)/C=C/CC[C@@H](C(=O)Nc1cccn(Cc2nc3c(CC(C(F)(F)F)C(F)(F)F)cccc3[nH]2)c1=O)N(C)C(=O)O. The number of hydrogen-bond donors (Lipinski definition) is 3. The average molecular weight is 645 g/mol. The molecule has 0 saturated carbocycles. The van der Waals surface area contributed by atoms with Crippen LogP contribution in [-0.2, 0) is 22.6 Å². The third-order valence-corrected chi connectivity index (χ3v) is 6.84. The Labute approximate surface area is 252 Å². The van der Waals surface area contributed by atoms with E-state index < -0.39 is 48.3 Å². The van der Waals surface area contributed by atoms with Gasteiger partial charge in [-0.3, -0.25) is 19.3 Å². The summed E-state index contributed by atoms with van der Waals surface area (Å²) in [6, 6.07) is 5.24. The minimum Gasteiger partial charge on any atom is -0.465 e. The molecule has 3 N–H and O–H groups in total. The molecular weight excluding hydrogens is 614 g/mol. The zero-order valence-electron chi connectivity index (χ0n) is 24.2. The topological polar surface area (TPSA) is 141 Å². The Morgan fingerprint density at radius 3 is 2.33 bits per heavy atom. The summed E-state index contributed by atoms with van der Waals surface area (Å²) in [6.45, 7) is -0.290. The standard InChI is InChI=1S/C28H30F6N6O5/c1-38(2)22(41)12-5-4-11-19(39(3)26(44)45)24(42)36-18-10-7-13-40(25(18)43)15-21-35-17-9-6-8-16(23(17)37-21)14-20(27(29,30)31)28(32,33)34/h5-10,12-13,19-20H,4,11,14-15H2,1-3H3,(H,35,37)(H,36,42)(H,44,45)/b12-5+/t19-/m0/s1. The summed E-state index contributed by atoms with van der Waals surface area (Å²) in [4.78, 5) is 58.5. The number of nitrogens with one attached hydrogen (secondary N) is 2.